The van der Waals surface area contributed by atoms with Crippen molar-refractivity contribution in [2.45, 2.75) is 13.3 Å². The lowest BCUT2D eigenvalue weighted by Crippen LogP contribution is -1.94. The average Bonchev–Trinajstić information content (AvgIpc) is 2.41. The molecule has 0 fully saturated rings. The summed E-state index contributed by atoms with van der Waals surface area (Å²) in [6.07, 6.45) is 2.59. The molecule has 4 heteroatoms. The van der Waals surface area contributed by atoms with Gasteiger partial charge in [0.25, 0.3) is 0 Å². The summed E-state index contributed by atoms with van der Waals surface area (Å²) in [4.78, 5) is 3.96. The molecule has 0 spiro atoms. The highest BCUT2D eigenvalue weighted by atomic mass is 16.5. The van der Waals surface area contributed by atoms with Gasteiger partial charge in [0.15, 0.2) is 0 Å². The lowest BCUT2D eigenvalue weighted by Gasteiger charge is -2.07. The first-order chi connectivity index (χ1) is 8.78. The summed E-state index contributed by atoms with van der Waals surface area (Å²) in [6.45, 7) is 2.80. The Morgan fingerprint density at radius 3 is 2.28 bits per heavy atom. The molecule has 1 aromatic heterocycles. The van der Waals surface area contributed by atoms with Crippen LogP contribution in [0.5, 0.6) is 17.2 Å². The quantitative estimate of drug-likeness (QED) is 0.877. The molecule has 94 valence electrons. The minimum atomic E-state index is 0.477. The average molecular weight is 244 g/mol. The SMILES string of the molecule is CCCOc1ccc(Oc2ccc(N)nc2)cc1. The minimum Gasteiger partial charge on any atom is -0.494 e. The summed E-state index contributed by atoms with van der Waals surface area (Å²) in [5, 5.41) is 0. The molecule has 0 saturated heterocycles. The van der Waals surface area contributed by atoms with Gasteiger partial charge < -0.3 is 15.2 Å². The molecule has 0 saturated carbocycles. The number of pyridine rings is 1. The van der Waals surface area contributed by atoms with E-state index in [1.807, 2.05) is 24.3 Å². The van der Waals surface area contributed by atoms with Crippen molar-refractivity contribution in [3.63, 3.8) is 0 Å². The second kappa shape index (κ2) is 5.91. The second-order valence-corrected chi connectivity index (χ2v) is 3.84. The van der Waals surface area contributed by atoms with Crippen LogP contribution >= 0.6 is 0 Å². The Kier molecular flexibility index (Phi) is 4.02. The number of aromatic nitrogens is 1. The molecule has 1 aromatic carbocycles. The molecule has 0 atom stereocenters. The van der Waals surface area contributed by atoms with E-state index in [2.05, 4.69) is 11.9 Å². The lowest BCUT2D eigenvalue weighted by atomic mass is 10.3. The molecule has 0 aliphatic heterocycles. The van der Waals surface area contributed by atoms with Gasteiger partial charge in [-0.3, -0.25) is 0 Å². The molecule has 0 aliphatic carbocycles. The van der Waals surface area contributed by atoms with E-state index in [9.17, 15) is 0 Å². The molecule has 1 heterocycles. The van der Waals surface area contributed by atoms with Crippen molar-refractivity contribution in [2.75, 3.05) is 12.3 Å². The fourth-order valence-electron chi connectivity index (χ4n) is 1.41. The first kappa shape index (κ1) is 12.2. The number of nitrogens with zero attached hydrogens (tertiary/aromatic N) is 1. The molecular weight excluding hydrogens is 228 g/mol. The van der Waals surface area contributed by atoms with Crippen LogP contribution < -0.4 is 15.2 Å². The van der Waals surface area contributed by atoms with Crippen molar-refractivity contribution >= 4 is 5.82 Å². The van der Waals surface area contributed by atoms with Gasteiger partial charge in [-0.05, 0) is 42.8 Å². The topological polar surface area (TPSA) is 57.4 Å². The third-order valence-electron chi connectivity index (χ3n) is 2.29. The van der Waals surface area contributed by atoms with E-state index < -0.39 is 0 Å². The number of ether oxygens (including phenoxy) is 2. The first-order valence-corrected chi connectivity index (χ1v) is 5.90. The number of anilines is 1. The summed E-state index contributed by atoms with van der Waals surface area (Å²) in [6, 6.07) is 11.0. The maximum Gasteiger partial charge on any atom is 0.145 e. The predicted octanol–water partition coefficient (Wildman–Crippen LogP) is 3.24. The standard InChI is InChI=1S/C14H16N2O2/c1-2-9-17-11-3-5-12(6-4-11)18-13-7-8-14(15)16-10-13/h3-8,10H,2,9H2,1H3,(H2,15,16). The van der Waals surface area contributed by atoms with Gasteiger partial charge in [-0.1, -0.05) is 6.92 Å². The van der Waals surface area contributed by atoms with Gasteiger partial charge >= 0.3 is 0 Å². The zero-order chi connectivity index (χ0) is 12.8. The number of rotatable bonds is 5. The number of nitrogen functional groups attached to an aromatic ring is 1. The third kappa shape index (κ3) is 3.38. The number of benzene rings is 1. The van der Waals surface area contributed by atoms with Crippen molar-refractivity contribution in [3.05, 3.63) is 42.6 Å². The van der Waals surface area contributed by atoms with Crippen LogP contribution in [-0.4, -0.2) is 11.6 Å². The van der Waals surface area contributed by atoms with E-state index in [-0.39, 0.29) is 0 Å². The molecule has 18 heavy (non-hydrogen) atoms. The van der Waals surface area contributed by atoms with Crippen LogP contribution in [0.1, 0.15) is 13.3 Å². The summed E-state index contributed by atoms with van der Waals surface area (Å²) in [5.41, 5.74) is 5.50. The summed E-state index contributed by atoms with van der Waals surface area (Å²) < 4.78 is 11.1. The molecule has 0 radical (unpaired) electrons. The lowest BCUT2D eigenvalue weighted by molar-refractivity contribution is 0.317. The Morgan fingerprint density at radius 2 is 1.67 bits per heavy atom. The molecule has 0 unspecified atom stereocenters. The smallest absolute Gasteiger partial charge is 0.145 e. The van der Waals surface area contributed by atoms with Crippen molar-refractivity contribution in [2.24, 2.45) is 0 Å². The zero-order valence-electron chi connectivity index (χ0n) is 10.3. The Balaban J connectivity index is 1.99. The number of nitrogens with two attached hydrogens (primary N) is 1. The molecule has 0 bridgehead atoms. The molecule has 0 amide bonds. The van der Waals surface area contributed by atoms with Crippen LogP contribution in [-0.2, 0) is 0 Å². The van der Waals surface area contributed by atoms with Gasteiger partial charge in [-0.25, -0.2) is 4.98 Å². The van der Waals surface area contributed by atoms with Crippen molar-refractivity contribution in [1.29, 1.82) is 0 Å². The predicted molar refractivity (Wildman–Crippen MR) is 71.0 cm³/mol. The molecule has 2 aromatic rings. The van der Waals surface area contributed by atoms with Gasteiger partial charge in [0, 0.05) is 0 Å². The van der Waals surface area contributed by atoms with Crippen molar-refractivity contribution in [3.8, 4) is 17.2 Å². The minimum absolute atomic E-state index is 0.477. The first-order valence-electron chi connectivity index (χ1n) is 5.90. The third-order valence-corrected chi connectivity index (χ3v) is 2.29. The Morgan fingerprint density at radius 1 is 1.00 bits per heavy atom. The molecule has 0 aliphatic rings. The Hall–Kier alpha value is -2.23. The number of hydrogen-bond acceptors (Lipinski definition) is 4. The molecular formula is C14H16N2O2. The van der Waals surface area contributed by atoms with Gasteiger partial charge in [0.2, 0.25) is 0 Å². The summed E-state index contributed by atoms with van der Waals surface area (Å²) in [7, 11) is 0. The summed E-state index contributed by atoms with van der Waals surface area (Å²) >= 11 is 0. The van der Waals surface area contributed by atoms with Crippen molar-refractivity contribution < 1.29 is 9.47 Å². The van der Waals surface area contributed by atoms with E-state index in [0.29, 0.717) is 11.6 Å². The molecule has 4 nitrogen and oxygen atoms in total. The Labute approximate surface area is 106 Å². The van der Waals surface area contributed by atoms with Crippen molar-refractivity contribution in [1.82, 2.24) is 4.98 Å². The largest absolute Gasteiger partial charge is 0.494 e. The van der Waals surface area contributed by atoms with Crippen LogP contribution in [0.15, 0.2) is 42.6 Å². The van der Waals surface area contributed by atoms with E-state index in [0.717, 1.165) is 24.5 Å². The zero-order valence-corrected chi connectivity index (χ0v) is 10.3. The van der Waals surface area contributed by atoms with E-state index >= 15 is 0 Å². The fourth-order valence-corrected chi connectivity index (χ4v) is 1.41. The Bertz CT molecular complexity index is 480. The highest BCUT2D eigenvalue weighted by molar-refractivity contribution is 5.37. The van der Waals surface area contributed by atoms with Crippen LogP contribution in [0.3, 0.4) is 0 Å². The van der Waals surface area contributed by atoms with Gasteiger partial charge in [-0.2, -0.15) is 0 Å². The van der Waals surface area contributed by atoms with Crippen LogP contribution in [0, 0.1) is 0 Å². The van der Waals surface area contributed by atoms with Crippen LogP contribution in [0.2, 0.25) is 0 Å². The highest BCUT2D eigenvalue weighted by Crippen LogP contribution is 2.23. The van der Waals surface area contributed by atoms with E-state index in [4.69, 9.17) is 15.2 Å². The van der Waals surface area contributed by atoms with Crippen LogP contribution in [0.4, 0.5) is 5.82 Å². The molecule has 2 N–H and O–H groups in total. The van der Waals surface area contributed by atoms with E-state index in [1.165, 1.54) is 0 Å². The second-order valence-electron chi connectivity index (χ2n) is 3.84. The maximum atomic E-state index is 5.62. The van der Waals surface area contributed by atoms with E-state index in [1.54, 1.807) is 18.3 Å². The number of hydrogen-bond donors (Lipinski definition) is 1. The summed E-state index contributed by atoms with van der Waals surface area (Å²) in [5.74, 6) is 2.72. The van der Waals surface area contributed by atoms with Gasteiger partial charge in [0.05, 0.1) is 12.8 Å². The highest BCUT2D eigenvalue weighted by Gasteiger charge is 1.99. The monoisotopic (exact) mass is 244 g/mol. The molecule has 2 rings (SSSR count). The fraction of sp³-hybridized carbons (Fsp3) is 0.214. The van der Waals surface area contributed by atoms with Gasteiger partial charge in [-0.15, -0.1) is 0 Å². The maximum absolute atomic E-state index is 5.62. The normalized spacial score (nSPS) is 10.1. The van der Waals surface area contributed by atoms with Gasteiger partial charge in [0.1, 0.15) is 23.1 Å². The van der Waals surface area contributed by atoms with Crippen LogP contribution in [0.25, 0.3) is 0 Å².